The maximum absolute atomic E-state index is 12.3. The van der Waals surface area contributed by atoms with Crippen molar-refractivity contribution in [2.75, 3.05) is 0 Å². The first-order valence-corrected chi connectivity index (χ1v) is 7.55. The van der Waals surface area contributed by atoms with Crippen LogP contribution in [-0.4, -0.2) is 35.3 Å². The van der Waals surface area contributed by atoms with Crippen LogP contribution in [0.15, 0.2) is 34.9 Å². The highest BCUT2D eigenvalue weighted by Crippen LogP contribution is 2.50. The Kier molecular flexibility index (Phi) is 2.78. The lowest BCUT2D eigenvalue weighted by Gasteiger charge is -2.27. The molecule has 22 heavy (non-hydrogen) atoms. The van der Waals surface area contributed by atoms with E-state index in [0.29, 0.717) is 36.8 Å². The fourth-order valence-corrected chi connectivity index (χ4v) is 3.65. The number of ether oxygens (including phenoxy) is 2. The Morgan fingerprint density at radius 3 is 2.73 bits per heavy atom. The van der Waals surface area contributed by atoms with Gasteiger partial charge in [0.25, 0.3) is 0 Å². The summed E-state index contributed by atoms with van der Waals surface area (Å²) in [4.78, 5) is 36.8. The summed E-state index contributed by atoms with van der Waals surface area (Å²) in [6.07, 6.45) is 5.88. The van der Waals surface area contributed by atoms with Crippen LogP contribution < -0.4 is 0 Å². The molecule has 0 aromatic rings. The number of hydrogen-bond donors (Lipinski definition) is 0. The molecule has 3 aliphatic heterocycles. The van der Waals surface area contributed by atoms with Crippen molar-refractivity contribution >= 4 is 17.5 Å². The average molecular weight is 300 g/mol. The SMILES string of the molecule is C/C1=C/CC[C@]23O[C@@H]2C[C@@H](OC3=O)C2=C(C1)C(=O)C=CC2=O. The summed E-state index contributed by atoms with van der Waals surface area (Å²) in [5, 5.41) is 0. The van der Waals surface area contributed by atoms with Gasteiger partial charge in [-0.25, -0.2) is 4.79 Å². The first-order valence-electron chi connectivity index (χ1n) is 7.55. The molecule has 0 saturated carbocycles. The summed E-state index contributed by atoms with van der Waals surface area (Å²) in [6.45, 7) is 1.94. The van der Waals surface area contributed by atoms with Crippen molar-refractivity contribution in [2.45, 2.75) is 50.4 Å². The summed E-state index contributed by atoms with van der Waals surface area (Å²) >= 11 is 0. The molecule has 114 valence electrons. The third-order valence-electron chi connectivity index (χ3n) is 4.90. The number of ketones is 2. The quantitative estimate of drug-likeness (QED) is 0.294. The molecular formula is C17H16O5. The second kappa shape index (κ2) is 4.49. The predicted molar refractivity (Wildman–Crippen MR) is 75.9 cm³/mol. The van der Waals surface area contributed by atoms with Gasteiger partial charge >= 0.3 is 5.97 Å². The lowest BCUT2D eigenvalue weighted by molar-refractivity contribution is -0.156. The second-order valence-electron chi connectivity index (χ2n) is 6.35. The lowest BCUT2D eigenvalue weighted by atomic mass is 9.84. The second-order valence-corrected chi connectivity index (χ2v) is 6.35. The molecule has 2 saturated heterocycles. The van der Waals surface area contributed by atoms with Gasteiger partial charge < -0.3 is 9.47 Å². The van der Waals surface area contributed by atoms with Gasteiger partial charge in [-0.2, -0.15) is 0 Å². The van der Waals surface area contributed by atoms with Crippen LogP contribution in [0.3, 0.4) is 0 Å². The molecule has 0 N–H and O–H groups in total. The van der Waals surface area contributed by atoms with Gasteiger partial charge in [-0.3, -0.25) is 9.59 Å². The molecule has 5 nitrogen and oxygen atoms in total. The van der Waals surface area contributed by atoms with E-state index in [0.717, 1.165) is 5.57 Å². The van der Waals surface area contributed by atoms with E-state index in [2.05, 4.69) is 0 Å². The number of carbonyl (C=O) groups is 3. The summed E-state index contributed by atoms with van der Waals surface area (Å²) in [7, 11) is 0. The van der Waals surface area contributed by atoms with Gasteiger partial charge in [-0.15, -0.1) is 0 Å². The molecule has 3 heterocycles. The van der Waals surface area contributed by atoms with Gasteiger partial charge in [-0.1, -0.05) is 11.6 Å². The molecular weight excluding hydrogens is 284 g/mol. The van der Waals surface area contributed by atoms with Gasteiger partial charge in [0.2, 0.25) is 0 Å². The molecule has 0 amide bonds. The Bertz CT molecular complexity index is 696. The minimum absolute atomic E-state index is 0.175. The average Bonchev–Trinajstić information content (AvgIpc) is 3.17. The fourth-order valence-electron chi connectivity index (χ4n) is 3.65. The zero-order chi connectivity index (χ0) is 15.5. The van der Waals surface area contributed by atoms with E-state index in [-0.39, 0.29) is 17.7 Å². The normalized spacial score (nSPS) is 39.5. The van der Waals surface area contributed by atoms with Gasteiger partial charge in [0.1, 0.15) is 12.2 Å². The Morgan fingerprint density at radius 2 is 1.95 bits per heavy atom. The molecule has 0 unspecified atom stereocenters. The van der Waals surface area contributed by atoms with E-state index in [1.165, 1.54) is 12.2 Å². The minimum Gasteiger partial charge on any atom is -0.455 e. The third-order valence-corrected chi connectivity index (χ3v) is 4.90. The highest BCUT2D eigenvalue weighted by atomic mass is 16.7. The highest BCUT2D eigenvalue weighted by Gasteiger charge is 2.67. The molecule has 3 atom stereocenters. The van der Waals surface area contributed by atoms with E-state index in [4.69, 9.17) is 9.47 Å². The summed E-state index contributed by atoms with van der Waals surface area (Å²) in [5.41, 5.74) is 0.982. The van der Waals surface area contributed by atoms with Crippen LogP contribution in [0.5, 0.6) is 0 Å². The number of rotatable bonds is 0. The molecule has 0 aromatic carbocycles. The largest absolute Gasteiger partial charge is 0.455 e. The van der Waals surface area contributed by atoms with Crippen molar-refractivity contribution in [1.82, 2.24) is 0 Å². The molecule has 5 aliphatic rings. The molecule has 2 aliphatic carbocycles. The Labute approximate surface area is 127 Å². The number of allylic oxidation sites excluding steroid dienone is 5. The predicted octanol–water partition coefficient (Wildman–Crippen LogP) is 1.57. The highest BCUT2D eigenvalue weighted by molar-refractivity contribution is 6.20. The van der Waals surface area contributed by atoms with Crippen molar-refractivity contribution in [1.29, 1.82) is 0 Å². The standard InChI is InChI=1S/C17H16O5/c1-9-3-2-6-17-14(22-17)8-13(21-16(17)20)15-10(7-9)11(18)4-5-12(15)19/h3-5,13-14H,2,6-8H2,1H3/b9-3-/t13-,14-,17+/m1/s1. The van der Waals surface area contributed by atoms with E-state index in [9.17, 15) is 14.4 Å². The molecule has 5 heteroatoms. The number of epoxide rings is 1. The summed E-state index contributed by atoms with van der Waals surface area (Å²) in [6, 6.07) is 0. The van der Waals surface area contributed by atoms with Crippen LogP contribution in [0.25, 0.3) is 0 Å². The summed E-state index contributed by atoms with van der Waals surface area (Å²) < 4.78 is 11.1. The third kappa shape index (κ3) is 1.85. The number of esters is 1. The topological polar surface area (TPSA) is 73.0 Å². The molecule has 1 spiro atoms. The Hall–Kier alpha value is -2.01. The van der Waals surface area contributed by atoms with Gasteiger partial charge in [-0.05, 0) is 38.3 Å². The maximum Gasteiger partial charge on any atom is 0.341 e. The number of hydrogen-bond acceptors (Lipinski definition) is 5. The van der Waals surface area contributed by atoms with E-state index >= 15 is 0 Å². The minimum atomic E-state index is -0.824. The fraction of sp³-hybridized carbons (Fsp3) is 0.471. The van der Waals surface area contributed by atoms with Gasteiger partial charge in [0, 0.05) is 17.6 Å². The van der Waals surface area contributed by atoms with Crippen molar-refractivity contribution < 1.29 is 23.9 Å². The zero-order valence-corrected chi connectivity index (χ0v) is 12.3. The van der Waals surface area contributed by atoms with E-state index < -0.39 is 17.7 Å². The number of fused-ring (bicyclic) bond motifs is 4. The van der Waals surface area contributed by atoms with Crippen LogP contribution in [0, 0.1) is 0 Å². The van der Waals surface area contributed by atoms with Crippen molar-refractivity contribution in [3.8, 4) is 0 Å². The van der Waals surface area contributed by atoms with Gasteiger partial charge in [0.05, 0.1) is 0 Å². The smallest absolute Gasteiger partial charge is 0.341 e. The molecule has 0 aromatic heterocycles. The van der Waals surface area contributed by atoms with Crippen molar-refractivity contribution in [3.05, 3.63) is 34.9 Å². The van der Waals surface area contributed by atoms with Gasteiger partial charge in [0.15, 0.2) is 17.2 Å². The molecule has 5 rings (SSSR count). The summed E-state index contributed by atoms with van der Waals surface area (Å²) in [5.74, 6) is -0.817. The van der Waals surface area contributed by atoms with Crippen molar-refractivity contribution in [2.24, 2.45) is 0 Å². The van der Waals surface area contributed by atoms with E-state index in [1.54, 1.807) is 0 Å². The van der Waals surface area contributed by atoms with Crippen LogP contribution in [-0.2, 0) is 23.9 Å². The first kappa shape index (κ1) is 13.6. The monoisotopic (exact) mass is 300 g/mol. The van der Waals surface area contributed by atoms with E-state index in [1.807, 2.05) is 13.0 Å². The Balaban J connectivity index is 1.83. The Morgan fingerprint density at radius 1 is 1.18 bits per heavy atom. The van der Waals surface area contributed by atoms with Crippen LogP contribution in [0.1, 0.15) is 32.6 Å². The van der Waals surface area contributed by atoms with Crippen LogP contribution in [0.2, 0.25) is 0 Å². The molecule has 2 fully saturated rings. The lowest BCUT2D eigenvalue weighted by Crippen LogP contribution is -2.41. The first-order chi connectivity index (χ1) is 10.5. The number of carbonyl (C=O) groups excluding carboxylic acids is 3. The molecule has 0 radical (unpaired) electrons. The van der Waals surface area contributed by atoms with Crippen molar-refractivity contribution in [3.63, 3.8) is 0 Å². The van der Waals surface area contributed by atoms with Crippen LogP contribution >= 0.6 is 0 Å². The zero-order valence-electron chi connectivity index (χ0n) is 12.3. The molecule has 2 bridgehead atoms. The maximum atomic E-state index is 12.3. The van der Waals surface area contributed by atoms with Crippen LogP contribution in [0.4, 0.5) is 0 Å².